The van der Waals surface area contributed by atoms with Crippen molar-refractivity contribution in [2.75, 3.05) is 44.4 Å². The number of nitrogens with two attached hydrogens (primary N) is 2. The number of nitrogens with zero attached hydrogens (tertiary/aromatic N) is 6. The molecule has 2 aromatic heterocycles. The van der Waals surface area contributed by atoms with E-state index < -0.39 is 11.8 Å². The molecule has 3 fully saturated rings. The Morgan fingerprint density at radius 1 is 0.981 bits per heavy atom. The van der Waals surface area contributed by atoms with Crippen LogP contribution < -0.4 is 32.3 Å². The molecule has 1 aromatic carbocycles. The van der Waals surface area contributed by atoms with E-state index in [4.69, 9.17) is 16.6 Å². The van der Waals surface area contributed by atoms with Crippen LogP contribution in [0.2, 0.25) is 0 Å². The largest absolute Gasteiger partial charge is 0.393 e. The van der Waals surface area contributed by atoms with Crippen LogP contribution in [0.5, 0.6) is 0 Å². The maximum atomic E-state index is 13.1. The number of benzene rings is 1. The van der Waals surface area contributed by atoms with Crippen LogP contribution in [-0.2, 0) is 22.0 Å². The summed E-state index contributed by atoms with van der Waals surface area (Å²) < 4.78 is 2.04. The van der Waals surface area contributed by atoms with Crippen LogP contribution in [0.25, 0.3) is 11.1 Å². The molecule has 0 spiro atoms. The molecule has 0 bridgehead atoms. The fourth-order valence-electron chi connectivity index (χ4n) is 6.94. The Morgan fingerprint density at radius 3 is 2.38 bits per heavy atom. The summed E-state index contributed by atoms with van der Waals surface area (Å²) in [6, 6.07) is 10.6. The Morgan fingerprint density at radius 2 is 1.70 bits per heavy atom. The van der Waals surface area contributed by atoms with Crippen LogP contribution in [0.4, 0.5) is 11.4 Å². The Kier molecular flexibility index (Phi) is 9.61. The summed E-state index contributed by atoms with van der Waals surface area (Å²) in [5.74, 6) is -3.20. The smallest absolute Gasteiger partial charge is 0.271 e. The highest BCUT2D eigenvalue weighted by atomic mass is 16.5. The number of aliphatic hydroxyl groups is 2. The molecule has 280 valence electrons. The zero-order chi connectivity index (χ0) is 37.6. The highest BCUT2D eigenvalue weighted by molar-refractivity contribution is 5.96. The Bertz CT molecular complexity index is 1990. The van der Waals surface area contributed by atoms with Gasteiger partial charge in [0, 0.05) is 63.4 Å². The van der Waals surface area contributed by atoms with E-state index in [1.165, 1.54) is 17.0 Å². The molecule has 3 amide bonds. The molecule has 4 aliphatic rings. The summed E-state index contributed by atoms with van der Waals surface area (Å²) in [5, 5.41) is 36.2. The number of aromatic nitrogens is 3. The van der Waals surface area contributed by atoms with Gasteiger partial charge < -0.3 is 47.4 Å². The van der Waals surface area contributed by atoms with Crippen molar-refractivity contribution in [3.8, 4) is 11.1 Å². The lowest BCUT2D eigenvalue weighted by Gasteiger charge is -2.40. The molecule has 2 aliphatic heterocycles. The molecule has 1 saturated heterocycles. The first-order chi connectivity index (χ1) is 25.3. The number of allylic oxidation sites excluding steroid dienone is 1. The summed E-state index contributed by atoms with van der Waals surface area (Å²) in [7, 11) is 5.21. The fraction of sp³-hybridized carbons (Fsp3) is 0.432. The van der Waals surface area contributed by atoms with E-state index in [2.05, 4.69) is 25.8 Å². The predicted molar refractivity (Wildman–Crippen MR) is 197 cm³/mol. The number of carbonyl (C=O) groups is 3. The van der Waals surface area contributed by atoms with Gasteiger partial charge in [0.2, 0.25) is 5.91 Å². The van der Waals surface area contributed by atoms with Crippen molar-refractivity contribution in [3.63, 3.8) is 0 Å². The number of anilines is 2. The molecule has 53 heavy (non-hydrogen) atoms. The average Bonchev–Trinajstić information content (AvgIpc) is 4.09. The lowest BCUT2D eigenvalue weighted by molar-refractivity contribution is -0.282. The molecule has 4 heterocycles. The first kappa shape index (κ1) is 35.9. The number of para-hydroxylation sites is 1. The highest BCUT2D eigenvalue weighted by Gasteiger charge is 2.40. The Hall–Kier alpha value is -5.45. The lowest BCUT2D eigenvalue weighted by atomic mass is 9.96. The van der Waals surface area contributed by atoms with Crippen LogP contribution in [0.3, 0.4) is 0 Å². The van der Waals surface area contributed by atoms with Crippen molar-refractivity contribution in [2.24, 2.45) is 17.4 Å². The van der Waals surface area contributed by atoms with Gasteiger partial charge in [-0.1, -0.05) is 18.2 Å². The van der Waals surface area contributed by atoms with Crippen LogP contribution in [0, 0.1) is 5.92 Å². The normalized spacial score (nSPS) is 18.4. The van der Waals surface area contributed by atoms with Crippen molar-refractivity contribution in [1.82, 2.24) is 35.2 Å². The predicted octanol–water partition coefficient (Wildman–Crippen LogP) is 1.22. The summed E-state index contributed by atoms with van der Waals surface area (Å²) in [4.78, 5) is 47.3. The number of pyridine rings is 1. The number of rotatable bonds is 11. The van der Waals surface area contributed by atoms with E-state index in [-0.39, 0.29) is 58.4 Å². The molecule has 2 saturated carbocycles. The molecule has 0 unspecified atom stereocenters. The minimum Gasteiger partial charge on any atom is -0.393 e. The minimum absolute atomic E-state index is 0.00717. The summed E-state index contributed by atoms with van der Waals surface area (Å²) in [6.07, 6.45) is 8.01. The number of nitrogens with one attached hydrogen (secondary N) is 3. The van der Waals surface area contributed by atoms with Gasteiger partial charge in [-0.25, -0.2) is 9.88 Å². The molecular formula is C37H47N11O5. The highest BCUT2D eigenvalue weighted by Crippen LogP contribution is 2.44. The molecule has 0 radical (unpaired) electrons. The number of amides is 3. The van der Waals surface area contributed by atoms with E-state index in [1.807, 2.05) is 36.1 Å². The zero-order valence-corrected chi connectivity index (χ0v) is 30.2. The fourth-order valence-corrected chi connectivity index (χ4v) is 6.94. The number of hydrogen-bond donors (Lipinski definition) is 7. The average molecular weight is 726 g/mol. The third-order valence-corrected chi connectivity index (χ3v) is 10.2. The van der Waals surface area contributed by atoms with Gasteiger partial charge in [0.05, 0.1) is 41.5 Å². The van der Waals surface area contributed by atoms with Crippen LogP contribution in [0.1, 0.15) is 66.4 Å². The standard InChI is InChI=1S/C37H47N11O5/c1-45(2)36(51)27-8-5-9-30(43-27)37(52,53)47-16-14-23(15-17-47)48-29-20-46(3)33-24(25(29)19-40-48)6-4-7-26(33)42-28(32(39)35(50)41-22-12-13-22)18-31(38)44-34(49)21-10-11-21/h4-9,18-19,21-23,42,52-53H,10-17,20,38-39H2,1-3H3,(H,41,50)(H,44,49)/b31-18+,32-28+. The number of likely N-dealkylation sites (tertiary alicyclic amines) is 1. The number of hydrogen-bond acceptors (Lipinski definition) is 12. The third kappa shape index (κ3) is 7.42. The van der Waals surface area contributed by atoms with Gasteiger partial charge in [-0.3, -0.25) is 19.1 Å². The van der Waals surface area contributed by atoms with Gasteiger partial charge in [-0.05, 0) is 56.7 Å². The van der Waals surface area contributed by atoms with Gasteiger partial charge in [0.1, 0.15) is 22.9 Å². The summed E-state index contributed by atoms with van der Waals surface area (Å²) in [6.45, 7) is 1.26. The van der Waals surface area contributed by atoms with Gasteiger partial charge in [-0.2, -0.15) is 5.10 Å². The first-order valence-electron chi connectivity index (χ1n) is 18.0. The second-order valence-electron chi connectivity index (χ2n) is 14.5. The lowest BCUT2D eigenvalue weighted by Crippen LogP contribution is -2.50. The van der Waals surface area contributed by atoms with Crippen molar-refractivity contribution < 1.29 is 24.6 Å². The second-order valence-corrected chi connectivity index (χ2v) is 14.5. The Balaban J connectivity index is 1.11. The quantitative estimate of drug-likeness (QED) is 0.0843. The van der Waals surface area contributed by atoms with E-state index in [9.17, 15) is 24.6 Å². The summed E-state index contributed by atoms with van der Waals surface area (Å²) in [5.41, 5.74) is 17.5. The molecular weight excluding hydrogens is 678 g/mol. The monoisotopic (exact) mass is 725 g/mol. The first-order valence-corrected chi connectivity index (χ1v) is 18.0. The van der Waals surface area contributed by atoms with Crippen molar-refractivity contribution in [3.05, 3.63) is 83.0 Å². The minimum atomic E-state index is -2.35. The molecule has 3 aromatic rings. The van der Waals surface area contributed by atoms with Crippen molar-refractivity contribution >= 4 is 29.1 Å². The van der Waals surface area contributed by atoms with Crippen molar-refractivity contribution in [2.45, 2.75) is 63.1 Å². The topological polar surface area (TPSA) is 220 Å². The van der Waals surface area contributed by atoms with Crippen molar-refractivity contribution in [1.29, 1.82) is 0 Å². The van der Waals surface area contributed by atoms with Crippen LogP contribution >= 0.6 is 0 Å². The SMILES string of the molecule is CN(C)C(=O)c1cccc(C(O)(O)N2CCC(n3ncc4c3CN(C)c3c(NC(/C=C(\N)NC(=O)C5CC5)=C(/N)C(=O)NC5CC5)cccc3-4)CC2)n1. The Labute approximate surface area is 307 Å². The molecule has 2 aliphatic carbocycles. The third-order valence-electron chi connectivity index (χ3n) is 10.2. The van der Waals surface area contributed by atoms with E-state index >= 15 is 0 Å². The molecule has 0 atom stereocenters. The zero-order valence-electron chi connectivity index (χ0n) is 30.2. The maximum absolute atomic E-state index is 13.1. The number of fused-ring (bicyclic) bond motifs is 3. The molecule has 9 N–H and O–H groups in total. The molecule has 16 heteroatoms. The van der Waals surface area contributed by atoms with Crippen LogP contribution in [-0.4, -0.2) is 92.8 Å². The van der Waals surface area contributed by atoms with E-state index in [0.717, 1.165) is 48.2 Å². The van der Waals surface area contributed by atoms with Gasteiger partial charge in [0.25, 0.3) is 17.7 Å². The number of piperidine rings is 1. The molecule has 16 nitrogen and oxygen atoms in total. The molecule has 7 rings (SSSR count). The van der Waals surface area contributed by atoms with Gasteiger partial charge >= 0.3 is 0 Å². The van der Waals surface area contributed by atoms with E-state index in [0.29, 0.717) is 38.2 Å². The van der Waals surface area contributed by atoms with Gasteiger partial charge in [0.15, 0.2) is 0 Å². The second kappa shape index (κ2) is 14.2. The van der Waals surface area contributed by atoms with Crippen LogP contribution in [0.15, 0.2) is 65.9 Å². The van der Waals surface area contributed by atoms with E-state index in [1.54, 1.807) is 31.1 Å². The van der Waals surface area contributed by atoms with Gasteiger partial charge in [-0.15, -0.1) is 0 Å². The maximum Gasteiger partial charge on any atom is 0.271 e. The number of carbonyl (C=O) groups excluding carboxylic acids is 3. The summed E-state index contributed by atoms with van der Waals surface area (Å²) >= 11 is 0.